The molecule has 0 bridgehead atoms. The van der Waals surface area contributed by atoms with Gasteiger partial charge in [-0.1, -0.05) is 12.1 Å². The maximum absolute atomic E-state index is 9.87. The van der Waals surface area contributed by atoms with E-state index in [1.165, 1.54) is 17.4 Å². The molecule has 0 aliphatic carbocycles. The lowest BCUT2D eigenvalue weighted by atomic mass is 10.0. The first-order valence-electron chi connectivity index (χ1n) is 5.79. The van der Waals surface area contributed by atoms with Crippen LogP contribution in [-0.2, 0) is 12.8 Å². The first-order chi connectivity index (χ1) is 9.15. The molecular formula is C13H14N2O3S. The summed E-state index contributed by atoms with van der Waals surface area (Å²) < 4.78 is 0. The van der Waals surface area contributed by atoms with Gasteiger partial charge in [0.15, 0.2) is 0 Å². The van der Waals surface area contributed by atoms with E-state index < -0.39 is 0 Å². The van der Waals surface area contributed by atoms with Gasteiger partial charge in [0.1, 0.15) is 11.5 Å². The minimum Gasteiger partial charge on any atom is -0.508 e. The quantitative estimate of drug-likeness (QED) is 0.456. The molecule has 0 aliphatic rings. The van der Waals surface area contributed by atoms with E-state index in [0.717, 1.165) is 5.69 Å². The van der Waals surface area contributed by atoms with Crippen LogP contribution in [-0.4, -0.2) is 26.1 Å². The number of phenols is 2. The Bertz CT molecular complexity index is 594. The summed E-state index contributed by atoms with van der Waals surface area (Å²) in [5, 5.41) is 33.7. The molecule has 1 heterocycles. The fraction of sp³-hybridized carbons (Fsp3) is 0.231. The second-order valence-electron chi connectivity index (χ2n) is 4.05. The Labute approximate surface area is 114 Å². The first-order valence-corrected chi connectivity index (χ1v) is 6.73. The fourth-order valence-corrected chi connectivity index (χ4v) is 2.38. The van der Waals surface area contributed by atoms with Crippen molar-refractivity contribution >= 4 is 17.0 Å². The summed E-state index contributed by atoms with van der Waals surface area (Å²) in [6, 6.07) is 2.90. The van der Waals surface area contributed by atoms with Crippen LogP contribution in [0.2, 0.25) is 0 Å². The van der Waals surface area contributed by atoms with Crippen molar-refractivity contribution in [2.24, 2.45) is 5.16 Å². The van der Waals surface area contributed by atoms with E-state index in [0.29, 0.717) is 29.7 Å². The van der Waals surface area contributed by atoms with Crippen LogP contribution < -0.4 is 0 Å². The highest BCUT2D eigenvalue weighted by Crippen LogP contribution is 2.29. The van der Waals surface area contributed by atoms with E-state index in [-0.39, 0.29) is 11.5 Å². The lowest BCUT2D eigenvalue weighted by Crippen LogP contribution is -2.07. The predicted molar refractivity (Wildman–Crippen MR) is 73.3 cm³/mol. The summed E-state index contributed by atoms with van der Waals surface area (Å²) in [7, 11) is 0. The number of aryl methyl sites for hydroxylation is 1. The molecule has 0 atom stereocenters. The Morgan fingerprint density at radius 3 is 2.68 bits per heavy atom. The zero-order valence-corrected chi connectivity index (χ0v) is 11.2. The standard InChI is InChI=1S/C13H14N2O3S/c1-2-8-3-10(13(17)5-12(8)16)11(15-18)4-9-6-19-7-14-9/h3,5-7,16-18H,2,4H2,1H3/b15-11-. The number of nitrogens with zero attached hydrogens (tertiary/aromatic N) is 2. The lowest BCUT2D eigenvalue weighted by molar-refractivity contribution is 0.318. The summed E-state index contributed by atoms with van der Waals surface area (Å²) in [6.07, 6.45) is 0.940. The van der Waals surface area contributed by atoms with E-state index >= 15 is 0 Å². The van der Waals surface area contributed by atoms with Crippen LogP contribution in [0.4, 0.5) is 0 Å². The maximum atomic E-state index is 9.87. The summed E-state index contributed by atoms with van der Waals surface area (Å²) >= 11 is 1.45. The van der Waals surface area contributed by atoms with E-state index in [4.69, 9.17) is 5.21 Å². The number of oxime groups is 1. The van der Waals surface area contributed by atoms with Crippen molar-refractivity contribution in [2.75, 3.05) is 0 Å². The van der Waals surface area contributed by atoms with Crippen LogP contribution >= 0.6 is 11.3 Å². The molecule has 0 spiro atoms. The van der Waals surface area contributed by atoms with Crippen molar-refractivity contribution in [1.82, 2.24) is 4.98 Å². The molecule has 2 rings (SSSR count). The first kappa shape index (κ1) is 13.4. The second-order valence-corrected chi connectivity index (χ2v) is 4.77. The summed E-state index contributed by atoms with van der Waals surface area (Å²) in [4.78, 5) is 4.11. The largest absolute Gasteiger partial charge is 0.508 e. The van der Waals surface area contributed by atoms with E-state index in [9.17, 15) is 10.2 Å². The molecule has 0 radical (unpaired) electrons. The van der Waals surface area contributed by atoms with Gasteiger partial charge in [-0.3, -0.25) is 0 Å². The minimum absolute atomic E-state index is 0.0368. The van der Waals surface area contributed by atoms with Crippen LogP contribution in [0.5, 0.6) is 11.5 Å². The third-order valence-corrected chi connectivity index (χ3v) is 3.48. The lowest BCUT2D eigenvalue weighted by Gasteiger charge is -2.09. The maximum Gasteiger partial charge on any atom is 0.128 e. The molecule has 0 aliphatic heterocycles. The number of hydrogen-bond acceptors (Lipinski definition) is 6. The van der Waals surface area contributed by atoms with Gasteiger partial charge in [-0.05, 0) is 18.1 Å². The average Bonchev–Trinajstić information content (AvgIpc) is 2.89. The van der Waals surface area contributed by atoms with Crippen LogP contribution in [0.15, 0.2) is 28.2 Å². The normalized spacial score (nSPS) is 11.7. The number of benzene rings is 1. The van der Waals surface area contributed by atoms with Crippen molar-refractivity contribution in [3.63, 3.8) is 0 Å². The molecule has 0 saturated carbocycles. The number of phenolic OH excluding ortho intramolecular Hbond substituents is 2. The number of hydrogen-bond donors (Lipinski definition) is 3. The molecule has 1 aromatic carbocycles. The fourth-order valence-electron chi connectivity index (χ4n) is 1.82. The van der Waals surface area contributed by atoms with Crippen LogP contribution in [0.3, 0.4) is 0 Å². The highest BCUT2D eigenvalue weighted by molar-refractivity contribution is 7.07. The monoisotopic (exact) mass is 278 g/mol. The molecule has 6 heteroatoms. The van der Waals surface area contributed by atoms with Gasteiger partial charge in [-0.2, -0.15) is 0 Å². The van der Waals surface area contributed by atoms with E-state index in [2.05, 4.69) is 10.1 Å². The number of rotatable bonds is 4. The SMILES string of the molecule is CCc1cc(/C(Cc2cscn2)=N\O)c(O)cc1O. The van der Waals surface area contributed by atoms with Crippen molar-refractivity contribution < 1.29 is 15.4 Å². The van der Waals surface area contributed by atoms with Crippen molar-refractivity contribution in [2.45, 2.75) is 19.8 Å². The molecule has 0 amide bonds. The Balaban J connectivity index is 2.38. The summed E-state index contributed by atoms with van der Waals surface area (Å²) in [6.45, 7) is 1.89. The molecule has 0 saturated heterocycles. The highest BCUT2D eigenvalue weighted by Gasteiger charge is 2.15. The molecule has 5 nitrogen and oxygen atoms in total. The number of aromatic nitrogens is 1. The second kappa shape index (κ2) is 5.71. The van der Waals surface area contributed by atoms with Crippen molar-refractivity contribution in [1.29, 1.82) is 0 Å². The smallest absolute Gasteiger partial charge is 0.128 e. The number of aromatic hydroxyl groups is 2. The zero-order chi connectivity index (χ0) is 13.8. The van der Waals surface area contributed by atoms with Crippen LogP contribution in [0.25, 0.3) is 0 Å². The van der Waals surface area contributed by atoms with Gasteiger partial charge in [-0.25, -0.2) is 4.98 Å². The van der Waals surface area contributed by atoms with Gasteiger partial charge in [-0.15, -0.1) is 11.3 Å². The molecule has 2 aromatic rings. The molecule has 3 N–H and O–H groups in total. The van der Waals surface area contributed by atoms with Gasteiger partial charge < -0.3 is 15.4 Å². The predicted octanol–water partition coefficient (Wildman–Crippen LogP) is 2.54. The van der Waals surface area contributed by atoms with Gasteiger partial charge in [0.05, 0.1) is 16.9 Å². The topological polar surface area (TPSA) is 85.9 Å². The van der Waals surface area contributed by atoms with Crippen molar-refractivity contribution in [3.05, 3.63) is 39.8 Å². The van der Waals surface area contributed by atoms with Crippen molar-refractivity contribution in [3.8, 4) is 11.5 Å². The summed E-state index contributed by atoms with van der Waals surface area (Å²) in [5.41, 5.74) is 3.87. The molecular weight excluding hydrogens is 264 g/mol. The van der Waals surface area contributed by atoms with Gasteiger partial charge in [0, 0.05) is 23.4 Å². The van der Waals surface area contributed by atoms with Crippen LogP contribution in [0.1, 0.15) is 23.7 Å². The Hall–Kier alpha value is -2.08. The third kappa shape index (κ3) is 2.85. The average molecular weight is 278 g/mol. The molecule has 19 heavy (non-hydrogen) atoms. The highest BCUT2D eigenvalue weighted by atomic mass is 32.1. The van der Waals surface area contributed by atoms with Gasteiger partial charge in [0.2, 0.25) is 0 Å². The number of thiazole rings is 1. The van der Waals surface area contributed by atoms with Gasteiger partial charge >= 0.3 is 0 Å². The van der Waals surface area contributed by atoms with Gasteiger partial charge in [0.25, 0.3) is 0 Å². The Kier molecular flexibility index (Phi) is 4.01. The minimum atomic E-state index is -0.113. The molecule has 100 valence electrons. The zero-order valence-electron chi connectivity index (χ0n) is 10.4. The Morgan fingerprint density at radius 2 is 2.11 bits per heavy atom. The van der Waals surface area contributed by atoms with E-state index in [1.54, 1.807) is 11.6 Å². The molecule has 0 fully saturated rings. The van der Waals surface area contributed by atoms with E-state index in [1.807, 2.05) is 12.3 Å². The Morgan fingerprint density at radius 1 is 1.32 bits per heavy atom. The van der Waals surface area contributed by atoms with Crippen LogP contribution in [0, 0.1) is 0 Å². The molecule has 0 unspecified atom stereocenters. The molecule has 1 aromatic heterocycles. The third-order valence-electron chi connectivity index (χ3n) is 2.84. The summed E-state index contributed by atoms with van der Waals surface area (Å²) in [5.74, 6) is -0.0765.